The molecule has 1 fully saturated rings. The summed E-state index contributed by atoms with van der Waals surface area (Å²) in [5.41, 5.74) is 7.94. The lowest BCUT2D eigenvalue weighted by molar-refractivity contribution is 0.135. The Kier molecular flexibility index (Phi) is 4.47. The molecule has 0 aliphatic heterocycles. The third kappa shape index (κ3) is 3.21. The highest BCUT2D eigenvalue weighted by Gasteiger charge is 2.22. The number of oxime groups is 1. The van der Waals surface area contributed by atoms with Gasteiger partial charge in [0.2, 0.25) is 0 Å². The molecule has 0 bridgehead atoms. The second-order valence-corrected chi connectivity index (χ2v) is 5.71. The maximum atomic E-state index is 8.93. The van der Waals surface area contributed by atoms with Crippen LogP contribution in [-0.2, 0) is 0 Å². The maximum Gasteiger partial charge on any atom is 0.175 e. The number of nitrogens with two attached hydrogens (primary N) is 1. The molecule has 0 unspecified atom stereocenters. The zero-order valence-corrected chi connectivity index (χ0v) is 12.4. The number of hydrogen-bond donors (Lipinski definition) is 2. The summed E-state index contributed by atoms with van der Waals surface area (Å²) >= 11 is 0. The Hall–Kier alpha value is -1.78. The second-order valence-electron chi connectivity index (χ2n) is 5.71. The largest absolute Gasteiger partial charge is 0.490 e. The normalized spacial score (nSPS) is 23.6. The van der Waals surface area contributed by atoms with E-state index in [-0.39, 0.29) is 11.9 Å². The third-order valence-electron chi connectivity index (χ3n) is 3.91. The van der Waals surface area contributed by atoms with Gasteiger partial charge in [0.15, 0.2) is 5.84 Å². The minimum Gasteiger partial charge on any atom is -0.490 e. The standard InChI is InChI=1S/C15H23N3O2/c1-9-4-6-12(7-5-9)20-13-8-10(2)17-11(3)14(13)15(16)18-19/h8-9,12,19H,4-7H2,1-3H3,(H2,16,18). The van der Waals surface area contributed by atoms with Gasteiger partial charge in [0.05, 0.1) is 17.4 Å². The first-order valence-corrected chi connectivity index (χ1v) is 7.14. The summed E-state index contributed by atoms with van der Waals surface area (Å²) in [5, 5.41) is 12.0. The Balaban J connectivity index is 2.26. The molecule has 0 saturated heterocycles. The van der Waals surface area contributed by atoms with Crippen molar-refractivity contribution >= 4 is 5.84 Å². The molecule has 1 aliphatic rings. The molecule has 5 nitrogen and oxygen atoms in total. The average molecular weight is 277 g/mol. The van der Waals surface area contributed by atoms with Crippen LogP contribution in [0.25, 0.3) is 0 Å². The van der Waals surface area contributed by atoms with Gasteiger partial charge in [-0.1, -0.05) is 12.1 Å². The van der Waals surface area contributed by atoms with Crippen LogP contribution in [0.15, 0.2) is 11.2 Å². The van der Waals surface area contributed by atoms with E-state index in [1.54, 1.807) is 0 Å². The van der Waals surface area contributed by atoms with Crippen molar-refractivity contribution in [1.29, 1.82) is 0 Å². The van der Waals surface area contributed by atoms with Crippen LogP contribution < -0.4 is 10.5 Å². The molecule has 1 heterocycles. The molecule has 1 aromatic heterocycles. The molecule has 0 aromatic carbocycles. The highest BCUT2D eigenvalue weighted by molar-refractivity contribution is 6.00. The van der Waals surface area contributed by atoms with Gasteiger partial charge in [-0.3, -0.25) is 4.98 Å². The number of hydrogen-bond acceptors (Lipinski definition) is 4. The van der Waals surface area contributed by atoms with E-state index in [9.17, 15) is 0 Å². The molecular formula is C15H23N3O2. The van der Waals surface area contributed by atoms with E-state index in [4.69, 9.17) is 15.7 Å². The van der Waals surface area contributed by atoms with Gasteiger partial charge in [-0.15, -0.1) is 0 Å². The predicted octanol–water partition coefficient (Wildman–Crippen LogP) is 2.75. The summed E-state index contributed by atoms with van der Waals surface area (Å²) < 4.78 is 6.11. The zero-order chi connectivity index (χ0) is 14.7. The molecule has 0 atom stereocenters. The number of aryl methyl sites for hydroxylation is 2. The lowest BCUT2D eigenvalue weighted by Gasteiger charge is -2.28. The summed E-state index contributed by atoms with van der Waals surface area (Å²) in [6.45, 7) is 6.04. The third-order valence-corrected chi connectivity index (χ3v) is 3.91. The SMILES string of the molecule is Cc1cc(OC2CCC(C)CC2)c(/C(N)=N/O)c(C)n1. The summed E-state index contributed by atoms with van der Waals surface area (Å²) in [4.78, 5) is 4.36. The highest BCUT2D eigenvalue weighted by Crippen LogP contribution is 2.30. The smallest absolute Gasteiger partial charge is 0.175 e. The first-order valence-electron chi connectivity index (χ1n) is 7.14. The fourth-order valence-electron chi connectivity index (χ4n) is 2.77. The van der Waals surface area contributed by atoms with Crippen LogP contribution >= 0.6 is 0 Å². The van der Waals surface area contributed by atoms with Gasteiger partial charge in [-0.2, -0.15) is 0 Å². The van der Waals surface area contributed by atoms with Gasteiger partial charge in [0, 0.05) is 11.8 Å². The molecule has 1 saturated carbocycles. The van der Waals surface area contributed by atoms with Crippen molar-refractivity contribution in [1.82, 2.24) is 4.98 Å². The van der Waals surface area contributed by atoms with E-state index >= 15 is 0 Å². The van der Waals surface area contributed by atoms with Gasteiger partial charge < -0.3 is 15.7 Å². The number of rotatable bonds is 3. The molecular weight excluding hydrogens is 254 g/mol. The fraction of sp³-hybridized carbons (Fsp3) is 0.600. The van der Waals surface area contributed by atoms with E-state index in [1.165, 1.54) is 12.8 Å². The molecule has 20 heavy (non-hydrogen) atoms. The zero-order valence-electron chi connectivity index (χ0n) is 12.4. The Morgan fingerprint density at radius 2 is 2.00 bits per heavy atom. The Bertz CT molecular complexity index is 506. The van der Waals surface area contributed by atoms with Crippen molar-refractivity contribution in [2.24, 2.45) is 16.8 Å². The molecule has 110 valence electrons. The molecule has 3 N–H and O–H groups in total. The van der Waals surface area contributed by atoms with Crippen LogP contribution in [0.3, 0.4) is 0 Å². The van der Waals surface area contributed by atoms with Crippen LogP contribution in [0.5, 0.6) is 5.75 Å². The van der Waals surface area contributed by atoms with Crippen LogP contribution in [-0.4, -0.2) is 22.1 Å². The van der Waals surface area contributed by atoms with Gasteiger partial charge in [0.1, 0.15) is 5.75 Å². The molecule has 0 radical (unpaired) electrons. The van der Waals surface area contributed by atoms with Crippen LogP contribution in [0.1, 0.15) is 49.6 Å². The van der Waals surface area contributed by atoms with Gasteiger partial charge in [-0.25, -0.2) is 0 Å². The van der Waals surface area contributed by atoms with Gasteiger partial charge in [0.25, 0.3) is 0 Å². The first kappa shape index (κ1) is 14.6. The number of pyridine rings is 1. The van der Waals surface area contributed by atoms with Crippen LogP contribution in [0.2, 0.25) is 0 Å². The molecule has 2 rings (SSSR count). The van der Waals surface area contributed by atoms with E-state index < -0.39 is 0 Å². The first-order chi connectivity index (χ1) is 9.51. The van der Waals surface area contributed by atoms with Crippen molar-refractivity contribution in [2.75, 3.05) is 0 Å². The topological polar surface area (TPSA) is 80.7 Å². The minimum atomic E-state index is 0.0502. The summed E-state index contributed by atoms with van der Waals surface area (Å²) in [7, 11) is 0. The van der Waals surface area contributed by atoms with E-state index in [0.29, 0.717) is 11.3 Å². The molecule has 1 aromatic rings. The molecule has 1 aliphatic carbocycles. The minimum absolute atomic E-state index is 0.0502. The molecule has 0 amide bonds. The lowest BCUT2D eigenvalue weighted by Crippen LogP contribution is -2.25. The number of ether oxygens (including phenoxy) is 1. The van der Waals surface area contributed by atoms with E-state index in [2.05, 4.69) is 17.1 Å². The van der Waals surface area contributed by atoms with Gasteiger partial charge >= 0.3 is 0 Å². The van der Waals surface area contributed by atoms with Crippen LogP contribution in [0, 0.1) is 19.8 Å². The van der Waals surface area contributed by atoms with Crippen molar-refractivity contribution in [2.45, 2.75) is 52.6 Å². The Morgan fingerprint density at radius 1 is 1.35 bits per heavy atom. The lowest BCUT2D eigenvalue weighted by atomic mass is 9.89. The Morgan fingerprint density at radius 3 is 2.60 bits per heavy atom. The molecule has 5 heteroatoms. The highest BCUT2D eigenvalue weighted by atomic mass is 16.5. The maximum absolute atomic E-state index is 8.93. The quantitative estimate of drug-likeness (QED) is 0.385. The van der Waals surface area contributed by atoms with Crippen molar-refractivity contribution in [3.63, 3.8) is 0 Å². The number of amidine groups is 1. The van der Waals surface area contributed by atoms with Crippen molar-refractivity contribution in [3.8, 4) is 5.75 Å². The fourth-order valence-corrected chi connectivity index (χ4v) is 2.77. The van der Waals surface area contributed by atoms with Crippen LogP contribution in [0.4, 0.5) is 0 Å². The molecule has 0 spiro atoms. The second kappa shape index (κ2) is 6.11. The Labute approximate surface area is 119 Å². The summed E-state index contributed by atoms with van der Waals surface area (Å²) in [5.74, 6) is 1.50. The predicted molar refractivity (Wildman–Crippen MR) is 78.3 cm³/mol. The van der Waals surface area contributed by atoms with Crippen molar-refractivity contribution < 1.29 is 9.94 Å². The average Bonchev–Trinajstić information content (AvgIpc) is 2.40. The number of aromatic nitrogens is 1. The van der Waals surface area contributed by atoms with Crippen molar-refractivity contribution in [3.05, 3.63) is 23.0 Å². The number of nitrogens with zero attached hydrogens (tertiary/aromatic N) is 2. The summed E-state index contributed by atoms with van der Waals surface area (Å²) in [6.07, 6.45) is 4.69. The van der Waals surface area contributed by atoms with Gasteiger partial charge in [-0.05, 0) is 45.4 Å². The van der Waals surface area contributed by atoms with E-state index in [1.807, 2.05) is 19.9 Å². The van der Waals surface area contributed by atoms with E-state index in [0.717, 1.165) is 30.1 Å². The monoisotopic (exact) mass is 277 g/mol. The summed E-state index contributed by atoms with van der Waals surface area (Å²) in [6, 6.07) is 1.86.